The Morgan fingerprint density at radius 2 is 1.86 bits per heavy atom. The van der Waals surface area contributed by atoms with Crippen molar-refractivity contribution in [3.8, 4) is 11.5 Å². The van der Waals surface area contributed by atoms with E-state index in [9.17, 15) is 0 Å². The van der Waals surface area contributed by atoms with Crippen molar-refractivity contribution in [3.63, 3.8) is 0 Å². The molecule has 0 fully saturated rings. The molecule has 0 radical (unpaired) electrons. The number of hydrogen-bond acceptors (Lipinski definition) is 4. The quantitative estimate of drug-likeness (QED) is 0.767. The van der Waals surface area contributed by atoms with Crippen molar-refractivity contribution >= 4 is 17.3 Å². The normalized spacial score (nSPS) is 12.1. The van der Waals surface area contributed by atoms with Crippen LogP contribution in [0.1, 0.15) is 18.9 Å². The average Bonchev–Trinajstić information content (AvgIpc) is 2.98. The van der Waals surface area contributed by atoms with Crippen LogP contribution in [0.4, 0.5) is 5.69 Å². The highest BCUT2D eigenvalue weighted by Gasteiger charge is 2.15. The molecule has 1 unspecified atom stereocenters. The van der Waals surface area contributed by atoms with Gasteiger partial charge in [-0.3, -0.25) is 0 Å². The Labute approximate surface area is 127 Å². The number of rotatable bonds is 4. The molecule has 4 nitrogen and oxygen atoms in total. The molecule has 1 N–H and O–H groups in total. The van der Waals surface area contributed by atoms with Gasteiger partial charge in [0, 0.05) is 16.3 Å². The number of benzene rings is 2. The maximum Gasteiger partial charge on any atom is 0.247 e. The lowest BCUT2D eigenvalue weighted by Gasteiger charge is -2.10. The predicted molar refractivity (Wildman–Crippen MR) is 83.2 cm³/mol. The lowest BCUT2D eigenvalue weighted by Crippen LogP contribution is -2.06. The first-order chi connectivity index (χ1) is 10.2. The average molecular weight is 300 g/mol. The van der Waals surface area contributed by atoms with E-state index in [-0.39, 0.29) is 6.04 Å². The van der Waals surface area contributed by atoms with Crippen LogP contribution < -0.4 is 5.32 Å². The van der Waals surface area contributed by atoms with Gasteiger partial charge < -0.3 is 9.73 Å². The van der Waals surface area contributed by atoms with Gasteiger partial charge in [0.25, 0.3) is 0 Å². The van der Waals surface area contributed by atoms with Crippen LogP contribution in [0.3, 0.4) is 0 Å². The molecule has 0 spiro atoms. The fourth-order valence-corrected chi connectivity index (χ4v) is 2.18. The standard InChI is InChI=1S/C16H14ClN3O/c1-11(18-14-8-3-2-4-9-14)15-19-20-16(21-15)12-6-5-7-13(17)10-12/h2-11,18H,1H3. The summed E-state index contributed by atoms with van der Waals surface area (Å²) in [6.45, 7) is 1.97. The fraction of sp³-hybridized carbons (Fsp3) is 0.125. The van der Waals surface area contributed by atoms with Crippen LogP contribution in [0.15, 0.2) is 59.0 Å². The lowest BCUT2D eigenvalue weighted by atomic mass is 10.2. The molecule has 0 amide bonds. The van der Waals surface area contributed by atoms with Crippen molar-refractivity contribution < 1.29 is 4.42 Å². The molecule has 5 heteroatoms. The summed E-state index contributed by atoms with van der Waals surface area (Å²) >= 11 is 5.97. The van der Waals surface area contributed by atoms with E-state index in [1.807, 2.05) is 55.5 Å². The predicted octanol–water partition coefficient (Wildman–Crippen LogP) is 4.56. The highest BCUT2D eigenvalue weighted by Crippen LogP contribution is 2.24. The molecule has 0 aliphatic heterocycles. The Kier molecular flexibility index (Phi) is 3.88. The summed E-state index contributed by atoms with van der Waals surface area (Å²) in [7, 11) is 0. The molecule has 0 saturated carbocycles. The highest BCUT2D eigenvalue weighted by atomic mass is 35.5. The van der Waals surface area contributed by atoms with Crippen LogP contribution in [0.2, 0.25) is 5.02 Å². The summed E-state index contributed by atoms with van der Waals surface area (Å²) < 4.78 is 5.72. The Morgan fingerprint density at radius 3 is 2.62 bits per heavy atom. The zero-order valence-electron chi connectivity index (χ0n) is 11.5. The first-order valence-corrected chi connectivity index (χ1v) is 7.01. The van der Waals surface area contributed by atoms with Crippen LogP contribution in [-0.2, 0) is 0 Å². The lowest BCUT2D eigenvalue weighted by molar-refractivity contribution is 0.485. The fourth-order valence-electron chi connectivity index (χ4n) is 1.99. The molecule has 21 heavy (non-hydrogen) atoms. The Bertz CT molecular complexity index is 727. The number of para-hydroxylation sites is 1. The van der Waals surface area contributed by atoms with Gasteiger partial charge in [-0.05, 0) is 37.3 Å². The van der Waals surface area contributed by atoms with Crippen molar-refractivity contribution in [2.45, 2.75) is 13.0 Å². The molecular weight excluding hydrogens is 286 g/mol. The van der Waals surface area contributed by atoms with Gasteiger partial charge in [0.1, 0.15) is 6.04 Å². The van der Waals surface area contributed by atoms with Crippen molar-refractivity contribution in [2.24, 2.45) is 0 Å². The van der Waals surface area contributed by atoms with Crippen LogP contribution in [0.25, 0.3) is 11.5 Å². The molecule has 1 heterocycles. The summed E-state index contributed by atoms with van der Waals surface area (Å²) in [4.78, 5) is 0. The molecule has 106 valence electrons. The summed E-state index contributed by atoms with van der Waals surface area (Å²) in [5.41, 5.74) is 1.82. The van der Waals surface area contributed by atoms with Crippen LogP contribution in [0, 0.1) is 0 Å². The van der Waals surface area contributed by atoms with Gasteiger partial charge >= 0.3 is 0 Å². The molecule has 1 aromatic heterocycles. The van der Waals surface area contributed by atoms with Gasteiger partial charge in [-0.1, -0.05) is 35.9 Å². The second kappa shape index (κ2) is 5.97. The number of halogens is 1. The van der Waals surface area contributed by atoms with E-state index in [0.29, 0.717) is 16.8 Å². The number of anilines is 1. The Morgan fingerprint density at radius 1 is 1.05 bits per heavy atom. The summed E-state index contributed by atoms with van der Waals surface area (Å²) in [5, 5.41) is 12.1. The van der Waals surface area contributed by atoms with E-state index in [1.165, 1.54) is 0 Å². The van der Waals surface area contributed by atoms with Gasteiger partial charge in [0.2, 0.25) is 11.8 Å². The monoisotopic (exact) mass is 299 g/mol. The minimum Gasteiger partial charge on any atom is -0.418 e. The topological polar surface area (TPSA) is 51.0 Å². The van der Waals surface area contributed by atoms with E-state index >= 15 is 0 Å². The first kappa shape index (κ1) is 13.6. The molecular formula is C16H14ClN3O. The maximum atomic E-state index is 5.97. The smallest absolute Gasteiger partial charge is 0.247 e. The number of nitrogens with zero attached hydrogens (tertiary/aromatic N) is 2. The third kappa shape index (κ3) is 3.23. The Hall–Kier alpha value is -2.33. The van der Waals surface area contributed by atoms with Gasteiger partial charge in [-0.2, -0.15) is 0 Å². The zero-order chi connectivity index (χ0) is 14.7. The van der Waals surface area contributed by atoms with E-state index in [0.717, 1.165) is 11.3 Å². The largest absolute Gasteiger partial charge is 0.418 e. The van der Waals surface area contributed by atoms with E-state index in [2.05, 4.69) is 15.5 Å². The summed E-state index contributed by atoms with van der Waals surface area (Å²) in [6.07, 6.45) is 0. The highest BCUT2D eigenvalue weighted by molar-refractivity contribution is 6.30. The second-order valence-electron chi connectivity index (χ2n) is 4.69. The Balaban J connectivity index is 1.78. The SMILES string of the molecule is CC(Nc1ccccc1)c1nnc(-c2cccc(Cl)c2)o1. The van der Waals surface area contributed by atoms with Gasteiger partial charge in [0.15, 0.2) is 0 Å². The van der Waals surface area contributed by atoms with Crippen LogP contribution in [-0.4, -0.2) is 10.2 Å². The molecule has 2 aromatic carbocycles. The molecule has 3 aromatic rings. The van der Waals surface area contributed by atoms with Crippen molar-refractivity contribution in [3.05, 3.63) is 65.5 Å². The molecule has 1 atom stereocenters. The molecule has 0 saturated heterocycles. The van der Waals surface area contributed by atoms with Crippen molar-refractivity contribution in [1.82, 2.24) is 10.2 Å². The molecule has 0 aliphatic rings. The number of aromatic nitrogens is 2. The maximum absolute atomic E-state index is 5.97. The second-order valence-corrected chi connectivity index (χ2v) is 5.12. The van der Waals surface area contributed by atoms with E-state index < -0.39 is 0 Å². The minimum absolute atomic E-state index is 0.0761. The minimum atomic E-state index is -0.0761. The van der Waals surface area contributed by atoms with E-state index in [1.54, 1.807) is 6.07 Å². The third-order valence-electron chi connectivity index (χ3n) is 3.04. The van der Waals surface area contributed by atoms with Crippen LogP contribution >= 0.6 is 11.6 Å². The molecule has 0 aliphatic carbocycles. The summed E-state index contributed by atoms with van der Waals surface area (Å²) in [5.74, 6) is 1.00. The zero-order valence-corrected chi connectivity index (χ0v) is 12.2. The molecule has 0 bridgehead atoms. The number of nitrogens with one attached hydrogen (secondary N) is 1. The van der Waals surface area contributed by atoms with E-state index in [4.69, 9.17) is 16.0 Å². The summed E-state index contributed by atoms with van der Waals surface area (Å²) in [6, 6.07) is 17.2. The first-order valence-electron chi connectivity index (χ1n) is 6.63. The third-order valence-corrected chi connectivity index (χ3v) is 3.27. The van der Waals surface area contributed by atoms with Crippen LogP contribution in [0.5, 0.6) is 0 Å². The van der Waals surface area contributed by atoms with Gasteiger partial charge in [0.05, 0.1) is 0 Å². The number of hydrogen-bond donors (Lipinski definition) is 1. The van der Waals surface area contributed by atoms with Gasteiger partial charge in [-0.25, -0.2) is 0 Å². The van der Waals surface area contributed by atoms with Gasteiger partial charge in [-0.15, -0.1) is 10.2 Å². The van der Waals surface area contributed by atoms with Crippen molar-refractivity contribution in [1.29, 1.82) is 0 Å². The van der Waals surface area contributed by atoms with Crippen molar-refractivity contribution in [2.75, 3.05) is 5.32 Å². The molecule has 3 rings (SSSR count).